The van der Waals surface area contributed by atoms with Gasteiger partial charge in [0, 0.05) is 5.56 Å². The second-order valence-electron chi connectivity index (χ2n) is 8.10. The molecular weight excluding hydrogens is 474 g/mol. The Bertz CT molecular complexity index is 1300. The van der Waals surface area contributed by atoms with Crippen LogP contribution in [0.3, 0.4) is 0 Å². The summed E-state index contributed by atoms with van der Waals surface area (Å²) < 4.78 is 15.9. The SMILES string of the molecule is COc1ccccc1CN(C(=O)CNC(=O)c1ccco1)[C@@H](C(=O)NCc1ccco1)c1ccccc1. The molecule has 1 atom stereocenters. The van der Waals surface area contributed by atoms with Gasteiger partial charge in [0.1, 0.15) is 17.6 Å². The van der Waals surface area contributed by atoms with Crippen LogP contribution in [-0.2, 0) is 22.7 Å². The largest absolute Gasteiger partial charge is 0.496 e. The summed E-state index contributed by atoms with van der Waals surface area (Å²) in [5.41, 5.74) is 1.32. The van der Waals surface area contributed by atoms with Crippen LogP contribution < -0.4 is 15.4 Å². The Balaban J connectivity index is 1.64. The normalized spacial score (nSPS) is 11.4. The van der Waals surface area contributed by atoms with E-state index >= 15 is 0 Å². The lowest BCUT2D eigenvalue weighted by Gasteiger charge is -2.32. The standard InChI is InChI=1S/C28H27N3O6/c1-35-23-13-6-5-11-21(23)19-31(25(32)18-30-27(33)24-14-8-16-37-24)26(20-9-3-2-4-10-20)28(34)29-17-22-12-7-15-36-22/h2-16,26H,17-19H2,1H3,(H,29,34)(H,30,33)/t26-/m1/s1. The Hall–Kier alpha value is -4.79. The van der Waals surface area contributed by atoms with Crippen LogP contribution >= 0.6 is 0 Å². The van der Waals surface area contributed by atoms with Crippen molar-refractivity contribution in [1.82, 2.24) is 15.5 Å². The van der Waals surface area contributed by atoms with E-state index in [1.54, 1.807) is 55.6 Å². The van der Waals surface area contributed by atoms with Gasteiger partial charge in [-0.1, -0.05) is 48.5 Å². The van der Waals surface area contributed by atoms with Crippen molar-refractivity contribution >= 4 is 17.7 Å². The van der Waals surface area contributed by atoms with Gasteiger partial charge in [-0.05, 0) is 35.9 Å². The van der Waals surface area contributed by atoms with E-state index in [1.165, 1.54) is 23.5 Å². The number of carbonyl (C=O) groups excluding carboxylic acids is 3. The van der Waals surface area contributed by atoms with Crippen LogP contribution in [0.5, 0.6) is 5.75 Å². The first kappa shape index (κ1) is 25.3. The predicted octanol–water partition coefficient (Wildman–Crippen LogP) is 3.70. The molecule has 9 heteroatoms. The Morgan fingerprint density at radius 3 is 2.30 bits per heavy atom. The van der Waals surface area contributed by atoms with Crippen molar-refractivity contribution in [3.05, 3.63) is 114 Å². The molecule has 0 aliphatic rings. The van der Waals surface area contributed by atoms with Crippen molar-refractivity contribution < 1.29 is 28.0 Å². The molecule has 2 heterocycles. The molecule has 37 heavy (non-hydrogen) atoms. The van der Waals surface area contributed by atoms with Crippen molar-refractivity contribution in [3.8, 4) is 5.75 Å². The van der Waals surface area contributed by atoms with E-state index in [2.05, 4.69) is 10.6 Å². The van der Waals surface area contributed by atoms with Crippen LogP contribution in [0.4, 0.5) is 0 Å². The summed E-state index contributed by atoms with van der Waals surface area (Å²) in [6.07, 6.45) is 2.90. The topological polar surface area (TPSA) is 114 Å². The summed E-state index contributed by atoms with van der Waals surface area (Å²) in [5, 5.41) is 5.44. The number of nitrogens with zero attached hydrogens (tertiary/aromatic N) is 1. The third-order valence-electron chi connectivity index (χ3n) is 5.69. The van der Waals surface area contributed by atoms with E-state index in [9.17, 15) is 14.4 Å². The van der Waals surface area contributed by atoms with Gasteiger partial charge < -0.3 is 29.1 Å². The Labute approximate surface area is 214 Å². The number of ether oxygens (including phenoxy) is 1. The van der Waals surface area contributed by atoms with Gasteiger partial charge in [0.15, 0.2) is 5.76 Å². The van der Waals surface area contributed by atoms with E-state index in [4.69, 9.17) is 13.6 Å². The molecule has 0 radical (unpaired) electrons. The highest BCUT2D eigenvalue weighted by Crippen LogP contribution is 2.27. The molecule has 0 fully saturated rings. The van der Waals surface area contributed by atoms with Gasteiger partial charge in [-0.2, -0.15) is 0 Å². The molecule has 2 N–H and O–H groups in total. The number of hydrogen-bond donors (Lipinski definition) is 2. The number of amides is 3. The van der Waals surface area contributed by atoms with E-state index in [1.807, 2.05) is 24.3 Å². The zero-order valence-corrected chi connectivity index (χ0v) is 20.3. The van der Waals surface area contributed by atoms with Crippen LogP contribution in [0.2, 0.25) is 0 Å². The molecular formula is C28H27N3O6. The first-order valence-electron chi connectivity index (χ1n) is 11.6. The highest BCUT2D eigenvalue weighted by atomic mass is 16.5. The number of methoxy groups -OCH3 is 1. The molecule has 0 saturated heterocycles. The number of furan rings is 2. The van der Waals surface area contributed by atoms with Gasteiger partial charge in [0.25, 0.3) is 5.91 Å². The highest BCUT2D eigenvalue weighted by molar-refractivity contribution is 5.95. The molecule has 0 unspecified atom stereocenters. The van der Waals surface area contributed by atoms with Gasteiger partial charge in [-0.25, -0.2) is 0 Å². The number of rotatable bonds is 11. The predicted molar refractivity (Wildman–Crippen MR) is 134 cm³/mol. The zero-order chi connectivity index (χ0) is 26.0. The fourth-order valence-corrected chi connectivity index (χ4v) is 3.89. The maximum Gasteiger partial charge on any atom is 0.287 e. The average molecular weight is 502 g/mol. The molecule has 0 aliphatic heterocycles. The second-order valence-corrected chi connectivity index (χ2v) is 8.10. The lowest BCUT2D eigenvalue weighted by atomic mass is 10.0. The fourth-order valence-electron chi connectivity index (χ4n) is 3.89. The van der Waals surface area contributed by atoms with Crippen molar-refractivity contribution in [2.45, 2.75) is 19.1 Å². The summed E-state index contributed by atoms with van der Waals surface area (Å²) >= 11 is 0. The lowest BCUT2D eigenvalue weighted by Crippen LogP contribution is -2.46. The molecule has 0 spiro atoms. The fraction of sp³-hybridized carbons (Fsp3) is 0.179. The maximum atomic E-state index is 13.6. The van der Waals surface area contributed by atoms with E-state index in [-0.39, 0.29) is 25.4 Å². The quantitative estimate of drug-likeness (QED) is 0.324. The summed E-state index contributed by atoms with van der Waals surface area (Å²) in [4.78, 5) is 41.0. The maximum absolute atomic E-state index is 13.6. The molecule has 0 aliphatic carbocycles. The van der Waals surface area contributed by atoms with E-state index in [0.29, 0.717) is 22.6 Å². The molecule has 9 nitrogen and oxygen atoms in total. The number of hydrogen-bond acceptors (Lipinski definition) is 6. The summed E-state index contributed by atoms with van der Waals surface area (Å²) in [7, 11) is 1.54. The summed E-state index contributed by atoms with van der Waals surface area (Å²) in [5.74, 6) is -0.166. The number of nitrogens with one attached hydrogen (secondary N) is 2. The van der Waals surface area contributed by atoms with E-state index < -0.39 is 23.8 Å². The lowest BCUT2D eigenvalue weighted by molar-refractivity contribution is -0.141. The van der Waals surface area contributed by atoms with Crippen LogP contribution in [0.25, 0.3) is 0 Å². The molecule has 2 aromatic carbocycles. The summed E-state index contributed by atoms with van der Waals surface area (Å²) in [6.45, 7) is -0.127. The first-order chi connectivity index (χ1) is 18.1. The molecule has 0 saturated carbocycles. The molecule has 0 bridgehead atoms. The number of carbonyl (C=O) groups is 3. The van der Waals surface area contributed by atoms with Gasteiger partial charge >= 0.3 is 0 Å². The van der Waals surface area contributed by atoms with Crippen LogP contribution in [0.15, 0.2) is 100 Å². The van der Waals surface area contributed by atoms with Crippen molar-refractivity contribution in [2.24, 2.45) is 0 Å². The Morgan fingerprint density at radius 1 is 0.865 bits per heavy atom. The number of para-hydroxylation sites is 1. The van der Waals surface area contributed by atoms with Crippen molar-refractivity contribution in [1.29, 1.82) is 0 Å². The van der Waals surface area contributed by atoms with E-state index in [0.717, 1.165) is 0 Å². The minimum absolute atomic E-state index is 0.0627. The van der Waals surface area contributed by atoms with Gasteiger partial charge in [0.05, 0.1) is 39.3 Å². The Kier molecular flexibility index (Phi) is 8.38. The second kappa shape index (κ2) is 12.3. The molecule has 3 amide bonds. The van der Waals surface area contributed by atoms with Gasteiger partial charge in [-0.3, -0.25) is 14.4 Å². The van der Waals surface area contributed by atoms with Crippen LogP contribution in [0.1, 0.15) is 33.5 Å². The third kappa shape index (κ3) is 6.46. The molecule has 4 aromatic rings. The average Bonchev–Trinajstić information content (AvgIpc) is 3.66. The third-order valence-corrected chi connectivity index (χ3v) is 5.69. The molecule has 4 rings (SSSR count). The number of benzene rings is 2. The minimum Gasteiger partial charge on any atom is -0.496 e. The van der Waals surface area contributed by atoms with Gasteiger partial charge in [0.2, 0.25) is 11.8 Å². The monoisotopic (exact) mass is 501 g/mol. The van der Waals surface area contributed by atoms with Gasteiger partial charge in [-0.15, -0.1) is 0 Å². The van der Waals surface area contributed by atoms with Crippen molar-refractivity contribution in [3.63, 3.8) is 0 Å². The van der Waals surface area contributed by atoms with Crippen LogP contribution in [0, 0.1) is 0 Å². The minimum atomic E-state index is -0.992. The smallest absolute Gasteiger partial charge is 0.287 e. The highest BCUT2D eigenvalue weighted by Gasteiger charge is 2.32. The molecule has 190 valence electrons. The molecule has 2 aromatic heterocycles. The summed E-state index contributed by atoms with van der Waals surface area (Å²) in [6, 6.07) is 21.8. The Morgan fingerprint density at radius 2 is 1.59 bits per heavy atom. The van der Waals surface area contributed by atoms with Crippen LogP contribution in [-0.4, -0.2) is 36.3 Å². The first-order valence-corrected chi connectivity index (χ1v) is 11.6. The zero-order valence-electron chi connectivity index (χ0n) is 20.3. The van der Waals surface area contributed by atoms with Crippen molar-refractivity contribution in [2.75, 3.05) is 13.7 Å².